The molecule has 0 aliphatic rings. The first-order chi connectivity index (χ1) is 11.4. The van der Waals surface area contributed by atoms with E-state index in [1.54, 1.807) is 0 Å². The first-order valence-corrected chi connectivity index (χ1v) is 6.80. The predicted octanol–water partition coefficient (Wildman–Crippen LogP) is 2.92. The summed E-state index contributed by atoms with van der Waals surface area (Å²) < 4.78 is 45.7. The Balaban J connectivity index is 2.22. The van der Waals surface area contributed by atoms with Crippen molar-refractivity contribution in [3.8, 4) is 11.5 Å². The number of carbonyl (C=O) groups excluding carboxylic acids is 1. The predicted molar refractivity (Wildman–Crippen MR) is 78.2 cm³/mol. The van der Waals surface area contributed by atoms with Gasteiger partial charge in [-0.15, -0.1) is 6.58 Å². The summed E-state index contributed by atoms with van der Waals surface area (Å²) in [4.78, 5) is 16.2. The molecular formula is C15H11F3N4O2. The van der Waals surface area contributed by atoms with Crippen molar-refractivity contribution >= 4 is 11.6 Å². The highest BCUT2D eigenvalue weighted by Gasteiger charge is 2.36. The van der Waals surface area contributed by atoms with Crippen molar-refractivity contribution in [2.24, 2.45) is 0 Å². The van der Waals surface area contributed by atoms with Crippen molar-refractivity contribution in [2.45, 2.75) is 6.18 Å². The van der Waals surface area contributed by atoms with E-state index in [-0.39, 0.29) is 29.2 Å². The molecule has 9 heteroatoms. The van der Waals surface area contributed by atoms with Crippen LogP contribution in [-0.4, -0.2) is 27.0 Å². The van der Waals surface area contributed by atoms with Gasteiger partial charge in [-0.05, 0) is 18.2 Å². The second-order valence-electron chi connectivity index (χ2n) is 4.79. The van der Waals surface area contributed by atoms with E-state index in [9.17, 15) is 18.0 Å². The number of furan rings is 1. The lowest BCUT2D eigenvalue weighted by Crippen LogP contribution is -2.23. The van der Waals surface area contributed by atoms with Gasteiger partial charge in [0.15, 0.2) is 17.1 Å². The zero-order valence-electron chi connectivity index (χ0n) is 12.2. The van der Waals surface area contributed by atoms with Gasteiger partial charge >= 0.3 is 6.18 Å². The maximum atomic E-state index is 13.3. The van der Waals surface area contributed by atoms with E-state index in [0.717, 1.165) is 12.3 Å². The standard InChI is InChI=1S/C15H11F3N4O2/c1-2-5-19-14(23)9-8-20-22-12(15(16,17)18)7-10(21-13(9)22)11-4-3-6-24-11/h2-4,6-8H,1,5H2,(H,19,23). The molecule has 0 radical (unpaired) electrons. The summed E-state index contributed by atoms with van der Waals surface area (Å²) in [7, 11) is 0. The molecule has 124 valence electrons. The molecule has 3 aromatic heterocycles. The molecular weight excluding hydrogens is 325 g/mol. The molecule has 0 fully saturated rings. The lowest BCUT2D eigenvalue weighted by Gasteiger charge is -2.10. The molecule has 0 aromatic carbocycles. The van der Waals surface area contributed by atoms with Crippen molar-refractivity contribution < 1.29 is 22.4 Å². The Hall–Kier alpha value is -3.10. The fourth-order valence-corrected chi connectivity index (χ4v) is 2.14. The number of amides is 1. The number of halogens is 3. The summed E-state index contributed by atoms with van der Waals surface area (Å²) in [5, 5.41) is 6.14. The van der Waals surface area contributed by atoms with Crippen LogP contribution in [0, 0.1) is 0 Å². The van der Waals surface area contributed by atoms with E-state index in [2.05, 4.69) is 22.0 Å². The molecule has 3 aromatic rings. The lowest BCUT2D eigenvalue weighted by atomic mass is 10.2. The maximum Gasteiger partial charge on any atom is 0.433 e. The minimum atomic E-state index is -4.68. The van der Waals surface area contributed by atoms with Crippen molar-refractivity contribution in [3.05, 3.63) is 54.6 Å². The Kier molecular flexibility index (Phi) is 3.84. The molecule has 3 rings (SSSR count). The summed E-state index contributed by atoms with van der Waals surface area (Å²) in [6, 6.07) is 3.83. The summed E-state index contributed by atoms with van der Waals surface area (Å²) in [6.07, 6.45) is -0.861. The molecule has 1 N–H and O–H groups in total. The molecule has 1 amide bonds. The normalized spacial score (nSPS) is 11.6. The highest BCUT2D eigenvalue weighted by molar-refractivity contribution is 5.99. The number of alkyl halides is 3. The zero-order valence-corrected chi connectivity index (χ0v) is 12.2. The molecule has 0 saturated heterocycles. The number of nitrogens with zero attached hydrogens (tertiary/aromatic N) is 3. The van der Waals surface area contributed by atoms with Crippen LogP contribution in [0.1, 0.15) is 16.1 Å². The van der Waals surface area contributed by atoms with E-state index in [1.807, 2.05) is 0 Å². The van der Waals surface area contributed by atoms with Crippen LogP contribution in [0.2, 0.25) is 0 Å². The number of carbonyl (C=O) groups is 1. The van der Waals surface area contributed by atoms with Gasteiger partial charge in [-0.3, -0.25) is 4.79 Å². The molecule has 0 unspecified atom stereocenters. The van der Waals surface area contributed by atoms with Gasteiger partial charge in [0.25, 0.3) is 5.91 Å². The first kappa shape index (κ1) is 15.8. The smallest absolute Gasteiger partial charge is 0.433 e. The van der Waals surface area contributed by atoms with Crippen LogP contribution in [0.25, 0.3) is 17.1 Å². The molecule has 0 aliphatic heterocycles. The first-order valence-electron chi connectivity index (χ1n) is 6.80. The summed E-state index contributed by atoms with van der Waals surface area (Å²) in [6.45, 7) is 3.63. The average Bonchev–Trinajstić information content (AvgIpc) is 3.19. The van der Waals surface area contributed by atoms with E-state index in [4.69, 9.17) is 4.42 Å². The van der Waals surface area contributed by atoms with Gasteiger partial charge in [-0.25, -0.2) is 9.50 Å². The van der Waals surface area contributed by atoms with Gasteiger partial charge in [-0.2, -0.15) is 18.3 Å². The second-order valence-corrected chi connectivity index (χ2v) is 4.79. The molecule has 0 bridgehead atoms. The number of hydrogen-bond acceptors (Lipinski definition) is 4. The monoisotopic (exact) mass is 336 g/mol. The van der Waals surface area contributed by atoms with Gasteiger partial charge in [0, 0.05) is 6.54 Å². The van der Waals surface area contributed by atoms with Gasteiger partial charge in [0.1, 0.15) is 11.3 Å². The van der Waals surface area contributed by atoms with E-state index in [0.29, 0.717) is 4.52 Å². The Labute approximate surface area is 133 Å². The quantitative estimate of drug-likeness (QED) is 0.744. The third kappa shape index (κ3) is 2.75. The Morgan fingerprint density at radius 2 is 2.25 bits per heavy atom. The number of fused-ring (bicyclic) bond motifs is 1. The van der Waals surface area contributed by atoms with Crippen LogP contribution in [0.4, 0.5) is 13.2 Å². The molecule has 0 saturated carbocycles. The summed E-state index contributed by atoms with van der Waals surface area (Å²) in [5.74, 6) is -0.441. The molecule has 0 atom stereocenters. The highest BCUT2D eigenvalue weighted by Crippen LogP contribution is 2.32. The van der Waals surface area contributed by atoms with Crippen LogP contribution in [0.3, 0.4) is 0 Å². The van der Waals surface area contributed by atoms with Gasteiger partial charge < -0.3 is 9.73 Å². The van der Waals surface area contributed by atoms with Crippen molar-refractivity contribution in [1.82, 2.24) is 19.9 Å². The van der Waals surface area contributed by atoms with E-state index in [1.165, 1.54) is 24.5 Å². The average molecular weight is 336 g/mol. The lowest BCUT2D eigenvalue weighted by molar-refractivity contribution is -0.142. The van der Waals surface area contributed by atoms with Gasteiger partial charge in [-0.1, -0.05) is 6.08 Å². The van der Waals surface area contributed by atoms with Gasteiger partial charge in [0.05, 0.1) is 12.5 Å². The van der Waals surface area contributed by atoms with Gasteiger partial charge in [0.2, 0.25) is 0 Å². The molecule has 6 nitrogen and oxygen atoms in total. The zero-order chi connectivity index (χ0) is 17.3. The van der Waals surface area contributed by atoms with Crippen LogP contribution in [0.15, 0.2) is 47.7 Å². The largest absolute Gasteiger partial charge is 0.463 e. The fraction of sp³-hybridized carbons (Fsp3) is 0.133. The van der Waals surface area contributed by atoms with Crippen LogP contribution in [-0.2, 0) is 6.18 Å². The van der Waals surface area contributed by atoms with E-state index >= 15 is 0 Å². The Morgan fingerprint density at radius 3 is 2.88 bits per heavy atom. The van der Waals surface area contributed by atoms with Crippen LogP contribution < -0.4 is 5.32 Å². The third-order valence-electron chi connectivity index (χ3n) is 3.19. The van der Waals surface area contributed by atoms with E-state index < -0.39 is 17.8 Å². The highest BCUT2D eigenvalue weighted by atomic mass is 19.4. The Morgan fingerprint density at radius 1 is 1.46 bits per heavy atom. The third-order valence-corrected chi connectivity index (χ3v) is 3.19. The SMILES string of the molecule is C=CCNC(=O)c1cnn2c(C(F)(F)F)cc(-c3ccco3)nc12. The summed E-state index contributed by atoms with van der Waals surface area (Å²) in [5.41, 5.74) is -1.38. The van der Waals surface area contributed by atoms with Crippen molar-refractivity contribution in [1.29, 1.82) is 0 Å². The molecule has 24 heavy (non-hydrogen) atoms. The molecule has 3 heterocycles. The minimum Gasteiger partial charge on any atom is -0.463 e. The fourth-order valence-electron chi connectivity index (χ4n) is 2.14. The molecule has 0 aliphatic carbocycles. The topological polar surface area (TPSA) is 72.4 Å². The maximum absolute atomic E-state index is 13.3. The summed E-state index contributed by atoms with van der Waals surface area (Å²) >= 11 is 0. The number of nitrogens with one attached hydrogen (secondary N) is 1. The van der Waals surface area contributed by atoms with Crippen LogP contribution >= 0.6 is 0 Å². The minimum absolute atomic E-state index is 0.0434. The Bertz CT molecular complexity index is 897. The van der Waals surface area contributed by atoms with Crippen molar-refractivity contribution in [2.75, 3.05) is 6.54 Å². The second kappa shape index (κ2) is 5.84. The van der Waals surface area contributed by atoms with Crippen molar-refractivity contribution in [3.63, 3.8) is 0 Å². The number of rotatable bonds is 4. The number of aromatic nitrogens is 3. The number of hydrogen-bond donors (Lipinski definition) is 1. The van der Waals surface area contributed by atoms with Crippen LogP contribution in [0.5, 0.6) is 0 Å². The molecule has 0 spiro atoms.